The molecule has 7 heteroatoms. The molecule has 0 aliphatic carbocycles. The van der Waals surface area contributed by atoms with Crippen molar-refractivity contribution in [1.82, 2.24) is 25.2 Å². The van der Waals surface area contributed by atoms with Gasteiger partial charge in [0.2, 0.25) is 11.8 Å². The van der Waals surface area contributed by atoms with Gasteiger partial charge in [0.05, 0.1) is 19.5 Å². The van der Waals surface area contributed by atoms with Crippen LogP contribution >= 0.6 is 0 Å². The molecule has 7 nitrogen and oxygen atoms in total. The minimum absolute atomic E-state index is 0.0830. The molecular weight excluding hydrogens is 354 g/mol. The van der Waals surface area contributed by atoms with Gasteiger partial charge in [-0.25, -0.2) is 0 Å². The lowest BCUT2D eigenvalue weighted by molar-refractivity contribution is -0.125. The second-order valence-electron chi connectivity index (χ2n) is 6.41. The number of benzene rings is 2. The number of carbonyl (C=O) groups is 2. The largest absolute Gasteiger partial charge is 0.347 e. The van der Waals surface area contributed by atoms with Crippen molar-refractivity contribution in [1.29, 1.82) is 0 Å². The molecule has 0 spiro atoms. The molecule has 0 bridgehead atoms. The van der Waals surface area contributed by atoms with E-state index in [1.165, 1.54) is 0 Å². The summed E-state index contributed by atoms with van der Waals surface area (Å²) >= 11 is 0. The van der Waals surface area contributed by atoms with Crippen molar-refractivity contribution < 1.29 is 9.59 Å². The van der Waals surface area contributed by atoms with E-state index >= 15 is 0 Å². The van der Waals surface area contributed by atoms with Crippen LogP contribution in [0.3, 0.4) is 0 Å². The number of nitrogens with zero attached hydrogens (tertiary/aromatic N) is 3. The number of nitrogens with one attached hydrogen (secondary N) is 2. The minimum Gasteiger partial charge on any atom is -0.347 e. The molecule has 4 aromatic rings. The zero-order valence-electron chi connectivity index (χ0n) is 15.1. The highest BCUT2D eigenvalue weighted by Crippen LogP contribution is 2.18. The Morgan fingerprint density at radius 2 is 1.68 bits per heavy atom. The van der Waals surface area contributed by atoms with E-state index in [1.54, 1.807) is 4.40 Å². The van der Waals surface area contributed by atoms with Gasteiger partial charge in [-0.3, -0.25) is 14.0 Å². The van der Waals surface area contributed by atoms with Crippen LogP contribution in [0.2, 0.25) is 0 Å². The first-order chi connectivity index (χ1) is 13.7. The fraction of sp³-hybridized carbons (Fsp3) is 0.143. The molecule has 140 valence electrons. The lowest BCUT2D eigenvalue weighted by Crippen LogP contribution is -2.37. The first kappa shape index (κ1) is 17.7. The van der Waals surface area contributed by atoms with Crippen molar-refractivity contribution in [3.05, 3.63) is 78.2 Å². The van der Waals surface area contributed by atoms with Gasteiger partial charge in [0.25, 0.3) is 0 Å². The van der Waals surface area contributed by atoms with Crippen LogP contribution in [0.4, 0.5) is 0 Å². The van der Waals surface area contributed by atoms with Crippen molar-refractivity contribution in [2.75, 3.05) is 6.54 Å². The molecule has 0 saturated heterocycles. The van der Waals surface area contributed by atoms with Gasteiger partial charge in [-0.05, 0) is 28.5 Å². The Morgan fingerprint density at radius 3 is 2.61 bits per heavy atom. The normalized spacial score (nSPS) is 10.9. The number of aromatic nitrogens is 3. The Kier molecular flexibility index (Phi) is 4.97. The lowest BCUT2D eigenvalue weighted by atomic mass is 10.0. The van der Waals surface area contributed by atoms with E-state index in [2.05, 4.69) is 20.8 Å². The maximum atomic E-state index is 12.3. The SMILES string of the molecule is O=C(CNC(=O)Cc1cccc2ccccc12)NCc1nnc2ccccn12. The standard InChI is InChI=1S/C21H19N5O2/c27-20(12-16-8-5-7-15-6-1-2-9-17(15)16)23-14-21(28)22-13-19-25-24-18-10-3-4-11-26(18)19/h1-11H,12-14H2,(H,22,28)(H,23,27). The fourth-order valence-electron chi connectivity index (χ4n) is 3.11. The van der Waals surface area contributed by atoms with Gasteiger partial charge < -0.3 is 10.6 Å². The lowest BCUT2D eigenvalue weighted by Gasteiger charge is -2.08. The van der Waals surface area contributed by atoms with Crippen molar-refractivity contribution in [2.24, 2.45) is 0 Å². The van der Waals surface area contributed by atoms with E-state index in [1.807, 2.05) is 66.9 Å². The van der Waals surface area contributed by atoms with Crippen molar-refractivity contribution >= 4 is 28.2 Å². The second-order valence-corrected chi connectivity index (χ2v) is 6.41. The highest BCUT2D eigenvalue weighted by molar-refractivity contribution is 5.91. The molecule has 2 aromatic carbocycles. The summed E-state index contributed by atoms with van der Waals surface area (Å²) < 4.78 is 1.80. The molecule has 2 N–H and O–H groups in total. The third-order valence-corrected chi connectivity index (χ3v) is 4.51. The Morgan fingerprint density at radius 1 is 0.857 bits per heavy atom. The molecule has 2 aromatic heterocycles. The summed E-state index contributed by atoms with van der Waals surface area (Å²) in [5.41, 5.74) is 1.65. The maximum absolute atomic E-state index is 12.3. The molecule has 0 atom stereocenters. The Bertz CT molecular complexity index is 1150. The van der Waals surface area contributed by atoms with Gasteiger partial charge >= 0.3 is 0 Å². The molecular formula is C21H19N5O2. The van der Waals surface area contributed by atoms with E-state index < -0.39 is 0 Å². The summed E-state index contributed by atoms with van der Waals surface area (Å²) in [5.74, 6) is 0.157. The average molecular weight is 373 g/mol. The van der Waals surface area contributed by atoms with Gasteiger partial charge in [-0.1, -0.05) is 48.5 Å². The predicted molar refractivity (Wildman–Crippen MR) is 105 cm³/mol. The van der Waals surface area contributed by atoms with Gasteiger partial charge in [0.15, 0.2) is 11.5 Å². The van der Waals surface area contributed by atoms with E-state index in [9.17, 15) is 9.59 Å². The van der Waals surface area contributed by atoms with Crippen LogP contribution in [-0.4, -0.2) is 33.0 Å². The monoisotopic (exact) mass is 373 g/mol. The number of amides is 2. The first-order valence-electron chi connectivity index (χ1n) is 8.99. The first-order valence-corrected chi connectivity index (χ1v) is 8.99. The summed E-state index contributed by atoms with van der Waals surface area (Å²) in [5, 5.41) is 15.6. The summed E-state index contributed by atoms with van der Waals surface area (Å²) in [6.45, 7) is 0.156. The number of rotatable bonds is 6. The summed E-state index contributed by atoms with van der Waals surface area (Å²) in [7, 11) is 0. The third-order valence-electron chi connectivity index (χ3n) is 4.51. The zero-order chi connectivity index (χ0) is 19.3. The third kappa shape index (κ3) is 3.83. The van der Waals surface area contributed by atoms with Crippen LogP contribution in [0.15, 0.2) is 66.9 Å². The summed E-state index contributed by atoms with van der Waals surface area (Å²) in [6, 6.07) is 19.4. The van der Waals surface area contributed by atoms with Crippen LogP contribution in [0.1, 0.15) is 11.4 Å². The number of hydrogen-bond acceptors (Lipinski definition) is 4. The second kappa shape index (κ2) is 7.87. The minimum atomic E-state index is -0.279. The molecule has 2 heterocycles. The Hall–Kier alpha value is -3.74. The highest BCUT2D eigenvalue weighted by atomic mass is 16.2. The van der Waals surface area contributed by atoms with E-state index in [4.69, 9.17) is 0 Å². The van der Waals surface area contributed by atoms with E-state index in [0.29, 0.717) is 5.82 Å². The Labute approximate surface area is 161 Å². The molecule has 4 rings (SSSR count). The molecule has 2 amide bonds. The number of fused-ring (bicyclic) bond motifs is 2. The van der Waals surface area contributed by atoms with Gasteiger partial charge in [-0.15, -0.1) is 10.2 Å². The highest BCUT2D eigenvalue weighted by Gasteiger charge is 2.10. The van der Waals surface area contributed by atoms with E-state index in [-0.39, 0.29) is 31.3 Å². The fourth-order valence-corrected chi connectivity index (χ4v) is 3.11. The molecule has 0 aliphatic rings. The van der Waals surface area contributed by atoms with Crippen LogP contribution < -0.4 is 10.6 Å². The summed E-state index contributed by atoms with van der Waals surface area (Å²) in [4.78, 5) is 24.3. The number of carbonyl (C=O) groups excluding carboxylic acids is 2. The van der Waals surface area contributed by atoms with Gasteiger partial charge in [0, 0.05) is 6.20 Å². The molecule has 0 unspecified atom stereocenters. The van der Waals surface area contributed by atoms with Crippen LogP contribution in [0.25, 0.3) is 16.4 Å². The van der Waals surface area contributed by atoms with Gasteiger partial charge in [-0.2, -0.15) is 0 Å². The zero-order valence-corrected chi connectivity index (χ0v) is 15.1. The van der Waals surface area contributed by atoms with Gasteiger partial charge in [0.1, 0.15) is 0 Å². The average Bonchev–Trinajstić information content (AvgIpc) is 3.14. The topological polar surface area (TPSA) is 88.4 Å². The van der Waals surface area contributed by atoms with Crippen LogP contribution in [0, 0.1) is 0 Å². The van der Waals surface area contributed by atoms with Crippen LogP contribution in [-0.2, 0) is 22.6 Å². The smallest absolute Gasteiger partial charge is 0.239 e. The van der Waals surface area contributed by atoms with Crippen molar-refractivity contribution in [3.8, 4) is 0 Å². The maximum Gasteiger partial charge on any atom is 0.239 e. The predicted octanol–water partition coefficient (Wildman–Crippen LogP) is 1.86. The van der Waals surface area contributed by atoms with Crippen molar-refractivity contribution in [3.63, 3.8) is 0 Å². The van der Waals surface area contributed by atoms with E-state index in [0.717, 1.165) is 22.0 Å². The molecule has 0 saturated carbocycles. The van der Waals surface area contributed by atoms with Crippen molar-refractivity contribution in [2.45, 2.75) is 13.0 Å². The molecule has 0 aliphatic heterocycles. The number of pyridine rings is 1. The Balaban J connectivity index is 1.30. The summed E-state index contributed by atoms with van der Waals surface area (Å²) in [6.07, 6.45) is 2.06. The number of hydrogen-bond donors (Lipinski definition) is 2. The van der Waals surface area contributed by atoms with Crippen LogP contribution in [0.5, 0.6) is 0 Å². The quantitative estimate of drug-likeness (QED) is 0.540. The molecule has 28 heavy (non-hydrogen) atoms. The molecule has 0 radical (unpaired) electrons. The molecule has 0 fully saturated rings.